The average Bonchev–Trinajstić information content (AvgIpc) is 2.90. The molecule has 37 heavy (non-hydrogen) atoms. The van der Waals surface area contributed by atoms with Gasteiger partial charge in [0.15, 0.2) is 6.23 Å². The highest BCUT2D eigenvalue weighted by Gasteiger charge is 2.47. The van der Waals surface area contributed by atoms with Crippen molar-refractivity contribution >= 4 is 17.6 Å². The van der Waals surface area contributed by atoms with E-state index in [0.29, 0.717) is 12.2 Å². The number of ether oxygens (including phenoxy) is 1. The summed E-state index contributed by atoms with van der Waals surface area (Å²) in [5, 5.41) is 48.8. The maximum atomic E-state index is 12.5. The third kappa shape index (κ3) is 10.9. The van der Waals surface area contributed by atoms with E-state index in [4.69, 9.17) is 4.74 Å². The smallest absolute Gasteiger partial charge is 0.239 e. The maximum absolute atomic E-state index is 12.5. The van der Waals surface area contributed by atoms with Crippen LogP contribution in [0.3, 0.4) is 0 Å². The molecule has 0 radical (unpaired) electrons. The zero-order valence-corrected chi connectivity index (χ0v) is 21.7. The lowest BCUT2D eigenvalue weighted by Gasteiger charge is -2.44. The number of carbonyl (C=O) groups is 2. The molecular weight excluding hydrogens is 480 g/mol. The van der Waals surface area contributed by atoms with E-state index >= 15 is 0 Å². The Morgan fingerprint density at radius 2 is 1.68 bits per heavy atom. The minimum absolute atomic E-state index is 0.245. The Kier molecular flexibility index (Phi) is 14.4. The van der Waals surface area contributed by atoms with Gasteiger partial charge >= 0.3 is 0 Å². The molecule has 1 aliphatic heterocycles. The highest BCUT2D eigenvalue weighted by Crippen LogP contribution is 2.24. The molecule has 0 bridgehead atoms. The summed E-state index contributed by atoms with van der Waals surface area (Å²) in [6, 6.07) is 3.83. The SMILES string of the molecule is CCCCCCCCCCCC(=O)NCC(=O)N[C@@H]1[C@@H](O)[C@@H](O)[C@@H](Nc2ccccn2)O[C@H]1[C@@H](O)CO. The quantitative estimate of drug-likeness (QED) is 0.146. The van der Waals surface area contributed by atoms with Crippen LogP contribution >= 0.6 is 0 Å². The van der Waals surface area contributed by atoms with Crippen LogP contribution in [0.1, 0.15) is 71.1 Å². The first-order chi connectivity index (χ1) is 17.9. The van der Waals surface area contributed by atoms with Gasteiger partial charge in [-0.3, -0.25) is 9.59 Å². The van der Waals surface area contributed by atoms with Crippen molar-refractivity contribution in [3.63, 3.8) is 0 Å². The molecule has 2 amide bonds. The van der Waals surface area contributed by atoms with Crippen LogP contribution in [0.15, 0.2) is 24.4 Å². The number of aromatic nitrogens is 1. The van der Waals surface area contributed by atoms with Crippen molar-refractivity contribution in [1.82, 2.24) is 15.6 Å². The normalized spacial score (nSPS) is 24.3. The number of unbranched alkanes of at least 4 members (excludes halogenated alkanes) is 8. The van der Waals surface area contributed by atoms with E-state index in [9.17, 15) is 30.0 Å². The summed E-state index contributed by atoms with van der Waals surface area (Å²) in [5.74, 6) is -0.496. The number of anilines is 1. The first kappa shape index (κ1) is 30.9. The number of hydrogen-bond acceptors (Lipinski definition) is 9. The number of amides is 2. The molecule has 1 aromatic rings. The standard InChI is InChI=1S/C26H44N4O7/c1-2-3-4-5-6-7-8-9-10-14-20(33)28-16-21(34)30-22-23(35)24(36)26(37-25(22)18(32)17-31)29-19-13-11-12-15-27-19/h11-13,15,18,22-26,31-32,35-36H,2-10,14,16-17H2,1H3,(H,27,29)(H,28,33)(H,30,34)/t18-,22+,23+,24+,25-,26-/m0/s1. The molecule has 1 aromatic heterocycles. The summed E-state index contributed by atoms with van der Waals surface area (Å²) in [4.78, 5) is 28.7. The van der Waals surface area contributed by atoms with Crippen molar-refractivity contribution in [2.45, 2.75) is 108 Å². The minimum Gasteiger partial charge on any atom is -0.394 e. The monoisotopic (exact) mass is 524 g/mol. The van der Waals surface area contributed by atoms with Gasteiger partial charge in [-0.25, -0.2) is 4.98 Å². The zero-order chi connectivity index (χ0) is 27.0. The Hall–Kier alpha value is -2.31. The van der Waals surface area contributed by atoms with E-state index in [-0.39, 0.29) is 12.5 Å². The van der Waals surface area contributed by atoms with Gasteiger partial charge in [0.25, 0.3) is 0 Å². The van der Waals surface area contributed by atoms with Crippen LogP contribution in [0.2, 0.25) is 0 Å². The Balaban J connectivity index is 1.76. The molecule has 0 aliphatic carbocycles. The van der Waals surface area contributed by atoms with Crippen LogP contribution in [0.25, 0.3) is 0 Å². The van der Waals surface area contributed by atoms with E-state index in [1.807, 2.05) is 0 Å². The summed E-state index contributed by atoms with van der Waals surface area (Å²) in [5.41, 5.74) is 0. The first-order valence-corrected chi connectivity index (χ1v) is 13.4. The number of carbonyl (C=O) groups excluding carboxylic acids is 2. The Labute approximate surface area is 219 Å². The fourth-order valence-electron chi connectivity index (χ4n) is 4.34. The summed E-state index contributed by atoms with van der Waals surface area (Å²) < 4.78 is 5.70. The second-order valence-electron chi connectivity index (χ2n) is 9.56. The summed E-state index contributed by atoms with van der Waals surface area (Å²) in [6.07, 6.45) is 5.29. The molecule has 6 atom stereocenters. The molecule has 11 heteroatoms. The zero-order valence-electron chi connectivity index (χ0n) is 21.7. The minimum atomic E-state index is -1.53. The Morgan fingerprint density at radius 1 is 1.00 bits per heavy atom. The number of aliphatic hydroxyl groups excluding tert-OH is 4. The average molecular weight is 525 g/mol. The molecule has 1 aliphatic rings. The highest BCUT2D eigenvalue weighted by atomic mass is 16.5. The van der Waals surface area contributed by atoms with E-state index in [0.717, 1.165) is 19.3 Å². The van der Waals surface area contributed by atoms with Gasteiger partial charge < -0.3 is 41.1 Å². The predicted molar refractivity (Wildman–Crippen MR) is 138 cm³/mol. The van der Waals surface area contributed by atoms with Crippen molar-refractivity contribution in [3.05, 3.63) is 24.4 Å². The second-order valence-corrected chi connectivity index (χ2v) is 9.56. The summed E-state index contributed by atoms with van der Waals surface area (Å²) in [6.45, 7) is 1.18. The third-order valence-corrected chi connectivity index (χ3v) is 6.49. The highest BCUT2D eigenvalue weighted by molar-refractivity contribution is 5.84. The molecule has 210 valence electrons. The van der Waals surface area contributed by atoms with E-state index < -0.39 is 49.2 Å². The largest absolute Gasteiger partial charge is 0.394 e. The van der Waals surface area contributed by atoms with Crippen molar-refractivity contribution in [1.29, 1.82) is 0 Å². The Morgan fingerprint density at radius 3 is 2.30 bits per heavy atom. The van der Waals surface area contributed by atoms with Gasteiger partial charge in [-0.15, -0.1) is 0 Å². The number of hydrogen-bond donors (Lipinski definition) is 7. The predicted octanol–water partition coefficient (Wildman–Crippen LogP) is 0.815. The van der Waals surface area contributed by atoms with E-state index in [2.05, 4.69) is 27.9 Å². The molecule has 1 saturated heterocycles. The fourth-order valence-corrected chi connectivity index (χ4v) is 4.34. The number of pyridine rings is 1. The van der Waals surface area contributed by atoms with Gasteiger partial charge in [0.1, 0.15) is 30.2 Å². The first-order valence-electron chi connectivity index (χ1n) is 13.4. The number of nitrogens with one attached hydrogen (secondary N) is 3. The lowest BCUT2D eigenvalue weighted by molar-refractivity contribution is -0.204. The molecule has 1 fully saturated rings. The summed E-state index contributed by atoms with van der Waals surface area (Å²) in [7, 11) is 0. The molecular formula is C26H44N4O7. The lowest BCUT2D eigenvalue weighted by atomic mass is 9.92. The van der Waals surface area contributed by atoms with E-state index in [1.165, 1.54) is 44.7 Å². The second kappa shape index (κ2) is 17.2. The molecule has 7 N–H and O–H groups in total. The molecule has 0 unspecified atom stereocenters. The van der Waals surface area contributed by atoms with E-state index in [1.54, 1.807) is 18.2 Å². The van der Waals surface area contributed by atoms with Crippen LogP contribution < -0.4 is 16.0 Å². The molecule has 0 saturated carbocycles. The van der Waals surface area contributed by atoms with Crippen molar-refractivity contribution in [3.8, 4) is 0 Å². The van der Waals surface area contributed by atoms with Gasteiger partial charge in [-0.2, -0.15) is 0 Å². The van der Waals surface area contributed by atoms with Crippen molar-refractivity contribution < 1.29 is 34.8 Å². The van der Waals surface area contributed by atoms with Crippen LogP contribution in [0, 0.1) is 0 Å². The molecule has 2 rings (SSSR count). The van der Waals surface area contributed by atoms with Crippen LogP contribution in [-0.4, -0.2) is 87.1 Å². The number of rotatable bonds is 17. The number of nitrogens with zero attached hydrogens (tertiary/aromatic N) is 1. The third-order valence-electron chi connectivity index (χ3n) is 6.49. The van der Waals surface area contributed by atoms with Crippen LogP contribution in [0.4, 0.5) is 5.82 Å². The van der Waals surface area contributed by atoms with Crippen molar-refractivity contribution in [2.75, 3.05) is 18.5 Å². The summed E-state index contributed by atoms with van der Waals surface area (Å²) >= 11 is 0. The molecule has 0 spiro atoms. The van der Waals surface area contributed by atoms with Crippen LogP contribution in [0.5, 0.6) is 0 Å². The molecule has 2 heterocycles. The van der Waals surface area contributed by atoms with Gasteiger partial charge in [0.05, 0.1) is 19.2 Å². The maximum Gasteiger partial charge on any atom is 0.239 e. The molecule has 0 aromatic carbocycles. The fraction of sp³-hybridized carbons (Fsp3) is 0.731. The van der Waals surface area contributed by atoms with Gasteiger partial charge in [-0.1, -0.05) is 64.4 Å². The lowest BCUT2D eigenvalue weighted by Crippen LogP contribution is -2.68. The van der Waals surface area contributed by atoms with Crippen LogP contribution in [-0.2, 0) is 14.3 Å². The van der Waals surface area contributed by atoms with Gasteiger partial charge in [0, 0.05) is 12.6 Å². The van der Waals surface area contributed by atoms with Gasteiger partial charge in [-0.05, 0) is 18.6 Å². The Bertz CT molecular complexity index is 785. The van der Waals surface area contributed by atoms with Gasteiger partial charge in [0.2, 0.25) is 11.8 Å². The topological polar surface area (TPSA) is 173 Å². The van der Waals surface area contributed by atoms with Crippen molar-refractivity contribution in [2.24, 2.45) is 0 Å². The number of aliphatic hydroxyl groups is 4. The molecule has 11 nitrogen and oxygen atoms in total.